The Morgan fingerprint density at radius 1 is 1.57 bits per heavy atom. The minimum Gasteiger partial charge on any atom is -0.480 e. The van der Waals surface area contributed by atoms with Crippen molar-refractivity contribution in [3.63, 3.8) is 0 Å². The highest BCUT2D eigenvalue weighted by Crippen LogP contribution is 2.09. The fourth-order valence-corrected chi connectivity index (χ4v) is 0.961. The molecule has 0 saturated carbocycles. The molecule has 0 aromatic rings. The molecule has 1 heterocycles. The first-order valence-electron chi connectivity index (χ1n) is 3.81. The average Bonchev–Trinajstić information content (AvgIpc) is 2.07. The normalized spacial score (nSPS) is 20.2. The van der Waals surface area contributed by atoms with Crippen LogP contribution < -0.4 is 5.32 Å². The molecule has 2 amide bonds. The first-order chi connectivity index (χ1) is 6.50. The molecule has 2 N–H and O–H groups in total. The van der Waals surface area contributed by atoms with Gasteiger partial charge in [0.05, 0.1) is 11.9 Å². The SMILES string of the molecule is CC(=O)NC1=CC(C(=O)O)C(=O)N=C1. The summed E-state index contributed by atoms with van der Waals surface area (Å²) >= 11 is 0. The van der Waals surface area contributed by atoms with Crippen molar-refractivity contribution >= 4 is 24.0 Å². The van der Waals surface area contributed by atoms with Crippen LogP contribution >= 0.6 is 0 Å². The molecule has 74 valence electrons. The number of amides is 2. The second kappa shape index (κ2) is 3.82. The van der Waals surface area contributed by atoms with Crippen LogP contribution in [0.25, 0.3) is 0 Å². The maximum absolute atomic E-state index is 10.9. The van der Waals surface area contributed by atoms with Gasteiger partial charge in [-0.15, -0.1) is 0 Å². The number of dihydropyridines is 1. The van der Waals surface area contributed by atoms with Gasteiger partial charge >= 0.3 is 5.97 Å². The number of hydrogen-bond acceptors (Lipinski definition) is 3. The van der Waals surface area contributed by atoms with Crippen molar-refractivity contribution in [3.05, 3.63) is 11.8 Å². The van der Waals surface area contributed by atoms with E-state index in [-0.39, 0.29) is 11.6 Å². The third kappa shape index (κ3) is 2.25. The molecule has 6 heteroatoms. The van der Waals surface area contributed by atoms with Crippen molar-refractivity contribution in [1.29, 1.82) is 0 Å². The molecule has 0 aliphatic carbocycles. The molecule has 0 aromatic carbocycles. The Kier molecular flexibility index (Phi) is 2.76. The van der Waals surface area contributed by atoms with Crippen LogP contribution in [0.3, 0.4) is 0 Å². The number of aliphatic imine (C=N–C) groups is 1. The molecule has 1 atom stereocenters. The summed E-state index contributed by atoms with van der Waals surface area (Å²) in [5, 5.41) is 11.0. The molecule has 0 aromatic heterocycles. The van der Waals surface area contributed by atoms with E-state index in [2.05, 4.69) is 10.3 Å². The van der Waals surface area contributed by atoms with Crippen molar-refractivity contribution in [3.8, 4) is 0 Å². The fourth-order valence-electron chi connectivity index (χ4n) is 0.961. The van der Waals surface area contributed by atoms with E-state index in [9.17, 15) is 14.4 Å². The number of nitrogens with zero attached hydrogens (tertiary/aromatic N) is 1. The summed E-state index contributed by atoms with van der Waals surface area (Å²) in [5.41, 5.74) is 0.226. The van der Waals surface area contributed by atoms with Crippen LogP contribution in [-0.2, 0) is 14.4 Å². The lowest BCUT2D eigenvalue weighted by Gasteiger charge is -2.10. The second-order valence-corrected chi connectivity index (χ2v) is 2.72. The summed E-state index contributed by atoms with van der Waals surface area (Å²) < 4.78 is 0. The Balaban J connectivity index is 2.85. The summed E-state index contributed by atoms with van der Waals surface area (Å²) in [4.78, 5) is 35.4. The summed E-state index contributed by atoms with van der Waals surface area (Å²) in [7, 11) is 0. The molecular formula is C8H8N2O4. The molecule has 0 fully saturated rings. The zero-order valence-electron chi connectivity index (χ0n) is 7.35. The number of nitrogens with one attached hydrogen (secondary N) is 1. The lowest BCUT2D eigenvalue weighted by Crippen LogP contribution is -2.29. The predicted molar refractivity (Wildman–Crippen MR) is 46.5 cm³/mol. The standard InChI is InChI=1S/C8H8N2O4/c1-4(11)10-5-2-6(8(13)14)7(12)9-3-5/h2-3,6H,1H3,(H,10,11)(H,13,14). The minimum absolute atomic E-state index is 0.226. The topological polar surface area (TPSA) is 95.8 Å². The third-order valence-electron chi connectivity index (χ3n) is 1.53. The molecule has 14 heavy (non-hydrogen) atoms. The molecule has 0 spiro atoms. The van der Waals surface area contributed by atoms with E-state index in [4.69, 9.17) is 5.11 Å². The van der Waals surface area contributed by atoms with Crippen molar-refractivity contribution in [1.82, 2.24) is 5.32 Å². The van der Waals surface area contributed by atoms with Crippen LogP contribution in [0, 0.1) is 5.92 Å². The zero-order chi connectivity index (χ0) is 10.7. The van der Waals surface area contributed by atoms with Gasteiger partial charge in [-0.25, -0.2) is 4.99 Å². The molecule has 6 nitrogen and oxygen atoms in total. The first-order valence-corrected chi connectivity index (χ1v) is 3.81. The van der Waals surface area contributed by atoms with Crippen molar-refractivity contribution in [2.45, 2.75) is 6.92 Å². The monoisotopic (exact) mass is 196 g/mol. The summed E-state index contributed by atoms with van der Waals surface area (Å²) in [6.07, 6.45) is 2.28. The molecule has 0 saturated heterocycles. The molecule has 1 aliphatic heterocycles. The van der Waals surface area contributed by atoms with Crippen LogP contribution in [0.5, 0.6) is 0 Å². The maximum Gasteiger partial charge on any atom is 0.320 e. The lowest BCUT2D eigenvalue weighted by molar-refractivity contribution is -0.144. The van der Waals surface area contributed by atoms with Gasteiger partial charge in [-0.2, -0.15) is 0 Å². The van der Waals surface area contributed by atoms with Gasteiger partial charge in [0.2, 0.25) is 5.91 Å². The number of allylic oxidation sites excluding steroid dienone is 1. The molecular weight excluding hydrogens is 188 g/mol. The van der Waals surface area contributed by atoms with Gasteiger partial charge in [-0.3, -0.25) is 14.4 Å². The highest BCUT2D eigenvalue weighted by atomic mass is 16.4. The Labute approximate surface area is 79.3 Å². The Morgan fingerprint density at radius 2 is 2.21 bits per heavy atom. The molecule has 0 bridgehead atoms. The quantitative estimate of drug-likeness (QED) is 0.572. The number of carboxylic acid groups (broad SMARTS) is 1. The van der Waals surface area contributed by atoms with Crippen LogP contribution in [0.15, 0.2) is 16.8 Å². The second-order valence-electron chi connectivity index (χ2n) is 2.72. The van der Waals surface area contributed by atoms with Gasteiger partial charge in [0.1, 0.15) is 0 Å². The summed E-state index contributed by atoms with van der Waals surface area (Å²) in [6, 6.07) is 0. The lowest BCUT2D eigenvalue weighted by atomic mass is 10.1. The Bertz CT molecular complexity index is 356. The smallest absolute Gasteiger partial charge is 0.320 e. The zero-order valence-corrected chi connectivity index (χ0v) is 7.35. The average molecular weight is 196 g/mol. The number of hydrogen-bond donors (Lipinski definition) is 2. The van der Waals surface area contributed by atoms with Gasteiger partial charge in [0, 0.05) is 6.92 Å². The largest absolute Gasteiger partial charge is 0.480 e. The van der Waals surface area contributed by atoms with Gasteiger partial charge in [0.25, 0.3) is 5.91 Å². The summed E-state index contributed by atoms with van der Waals surface area (Å²) in [5.74, 6) is -3.68. The highest BCUT2D eigenvalue weighted by molar-refractivity contribution is 6.07. The van der Waals surface area contributed by atoms with E-state index in [0.29, 0.717) is 0 Å². The first kappa shape index (κ1) is 10.1. The van der Waals surface area contributed by atoms with Gasteiger partial charge in [-0.1, -0.05) is 0 Å². The molecule has 1 unspecified atom stereocenters. The van der Waals surface area contributed by atoms with Gasteiger partial charge < -0.3 is 10.4 Å². The molecule has 1 aliphatic rings. The van der Waals surface area contributed by atoms with Crippen LogP contribution in [0.1, 0.15) is 6.92 Å². The predicted octanol–water partition coefficient (Wildman–Crippen LogP) is -0.682. The third-order valence-corrected chi connectivity index (χ3v) is 1.53. The minimum atomic E-state index is -1.30. The van der Waals surface area contributed by atoms with Crippen molar-refractivity contribution in [2.24, 2.45) is 10.9 Å². The Morgan fingerprint density at radius 3 is 2.71 bits per heavy atom. The van der Waals surface area contributed by atoms with E-state index in [1.807, 2.05) is 0 Å². The van der Waals surface area contributed by atoms with E-state index in [0.717, 1.165) is 12.3 Å². The molecule has 1 rings (SSSR count). The number of carbonyl (C=O) groups is 3. The van der Waals surface area contributed by atoms with E-state index >= 15 is 0 Å². The maximum atomic E-state index is 10.9. The van der Waals surface area contributed by atoms with Crippen LogP contribution in [0.2, 0.25) is 0 Å². The van der Waals surface area contributed by atoms with E-state index in [1.165, 1.54) is 6.92 Å². The van der Waals surface area contributed by atoms with Crippen LogP contribution in [0.4, 0.5) is 0 Å². The number of aliphatic carboxylic acids is 1. The van der Waals surface area contributed by atoms with Gasteiger partial charge in [0.15, 0.2) is 5.92 Å². The van der Waals surface area contributed by atoms with E-state index in [1.54, 1.807) is 0 Å². The van der Waals surface area contributed by atoms with Crippen molar-refractivity contribution < 1.29 is 19.5 Å². The van der Waals surface area contributed by atoms with Crippen LogP contribution in [-0.4, -0.2) is 29.1 Å². The number of carbonyl (C=O) groups excluding carboxylic acids is 2. The number of carboxylic acids is 1. The fraction of sp³-hybridized carbons (Fsp3) is 0.250. The highest BCUT2D eigenvalue weighted by Gasteiger charge is 2.26. The van der Waals surface area contributed by atoms with E-state index < -0.39 is 17.8 Å². The summed E-state index contributed by atoms with van der Waals surface area (Å²) in [6.45, 7) is 1.28. The Hall–Kier alpha value is -1.98. The number of rotatable bonds is 2. The van der Waals surface area contributed by atoms with Crippen molar-refractivity contribution in [2.75, 3.05) is 0 Å². The van der Waals surface area contributed by atoms with Gasteiger partial charge in [-0.05, 0) is 6.08 Å². The molecule has 0 radical (unpaired) electrons.